The van der Waals surface area contributed by atoms with E-state index in [-0.39, 0.29) is 29.1 Å². The van der Waals surface area contributed by atoms with Crippen LogP contribution in [-0.4, -0.2) is 26.5 Å². The molecule has 0 radical (unpaired) electrons. The Morgan fingerprint density at radius 3 is 2.70 bits per heavy atom. The molecule has 3 aromatic rings. The van der Waals surface area contributed by atoms with Crippen LogP contribution in [-0.2, 0) is 4.79 Å². The first-order chi connectivity index (χ1) is 13.0. The number of nitrogens with one attached hydrogen (secondary N) is 1. The van der Waals surface area contributed by atoms with Crippen molar-refractivity contribution >= 4 is 29.3 Å². The average Bonchev–Trinajstić information content (AvgIpc) is 3.01. The van der Waals surface area contributed by atoms with Gasteiger partial charge in [0.05, 0.1) is 17.4 Å². The summed E-state index contributed by atoms with van der Waals surface area (Å²) >= 11 is 7.26. The first-order valence-corrected chi connectivity index (χ1v) is 9.45. The van der Waals surface area contributed by atoms with E-state index in [0.29, 0.717) is 10.2 Å². The molecule has 6 nitrogen and oxygen atoms in total. The lowest BCUT2D eigenvalue weighted by molar-refractivity contribution is -0.119. The van der Waals surface area contributed by atoms with Crippen molar-refractivity contribution < 1.29 is 9.18 Å². The van der Waals surface area contributed by atoms with Gasteiger partial charge in [-0.25, -0.2) is 9.07 Å². The number of amides is 1. The van der Waals surface area contributed by atoms with Gasteiger partial charge in [-0.15, -0.1) is 10.2 Å². The van der Waals surface area contributed by atoms with Gasteiger partial charge in [-0.2, -0.15) is 0 Å². The Morgan fingerprint density at radius 2 is 1.96 bits per heavy atom. The molecule has 1 amide bonds. The van der Waals surface area contributed by atoms with E-state index < -0.39 is 5.82 Å². The van der Waals surface area contributed by atoms with Crippen molar-refractivity contribution in [2.75, 3.05) is 11.6 Å². The van der Waals surface area contributed by atoms with Crippen LogP contribution in [0.1, 0.15) is 18.5 Å². The van der Waals surface area contributed by atoms with E-state index in [1.165, 1.54) is 10.7 Å². The monoisotopic (exact) mass is 405 g/mol. The van der Waals surface area contributed by atoms with Gasteiger partial charge in [-0.05, 0) is 30.7 Å². The first kappa shape index (κ1) is 19.2. The van der Waals surface area contributed by atoms with Gasteiger partial charge in [0.15, 0.2) is 5.82 Å². The highest BCUT2D eigenvalue weighted by atomic mass is 35.5. The highest BCUT2D eigenvalue weighted by Crippen LogP contribution is 2.25. The zero-order chi connectivity index (χ0) is 19.4. The quantitative estimate of drug-likeness (QED) is 0.484. The second-order valence-corrected chi connectivity index (χ2v) is 7.11. The van der Waals surface area contributed by atoms with E-state index in [9.17, 15) is 9.18 Å². The van der Waals surface area contributed by atoms with Crippen molar-refractivity contribution in [2.45, 2.75) is 18.1 Å². The summed E-state index contributed by atoms with van der Waals surface area (Å²) in [5.41, 5.74) is 1.08. The van der Waals surface area contributed by atoms with E-state index in [1.807, 2.05) is 25.1 Å². The molecular weight excluding hydrogens is 389 g/mol. The molecule has 3 rings (SSSR count). The van der Waals surface area contributed by atoms with Crippen molar-refractivity contribution in [1.29, 1.82) is 0 Å². The van der Waals surface area contributed by atoms with Crippen molar-refractivity contribution in [3.63, 3.8) is 0 Å². The molecule has 1 aromatic heterocycles. The number of thioether (sulfide) groups is 1. The summed E-state index contributed by atoms with van der Waals surface area (Å²) in [4.78, 5) is 12.2. The first-order valence-electron chi connectivity index (χ1n) is 8.09. The number of rotatable bonds is 6. The molecule has 0 aliphatic carbocycles. The Balaban J connectivity index is 1.63. The summed E-state index contributed by atoms with van der Waals surface area (Å²) in [7, 11) is 0. The van der Waals surface area contributed by atoms with Crippen molar-refractivity contribution in [1.82, 2.24) is 20.2 Å². The van der Waals surface area contributed by atoms with Gasteiger partial charge in [0.1, 0.15) is 5.82 Å². The van der Waals surface area contributed by atoms with Crippen LogP contribution in [0.3, 0.4) is 0 Å². The van der Waals surface area contributed by atoms with E-state index in [2.05, 4.69) is 15.5 Å². The molecule has 0 unspecified atom stereocenters. The highest BCUT2D eigenvalue weighted by Gasteiger charge is 2.17. The molecule has 0 aliphatic heterocycles. The molecule has 1 heterocycles. The standard InChI is InChI=1S/C18H17ClFN5OS/c1-11(12-6-2-4-8-14(12)19)22-16(26)10-27-18-24-23-17(25(18)21)13-7-3-5-9-15(13)20/h2-9,11H,10,21H2,1H3,(H,22,26)/t11-/m0/s1. The molecule has 0 spiro atoms. The minimum atomic E-state index is -0.445. The van der Waals surface area contributed by atoms with Crippen LogP contribution in [0.15, 0.2) is 53.7 Å². The topological polar surface area (TPSA) is 85.8 Å². The molecule has 140 valence electrons. The predicted molar refractivity (Wildman–Crippen MR) is 104 cm³/mol. The molecule has 0 aliphatic rings. The number of carbonyl (C=O) groups excluding carboxylic acids is 1. The fourth-order valence-electron chi connectivity index (χ4n) is 2.52. The normalized spacial score (nSPS) is 12.0. The van der Waals surface area contributed by atoms with Crippen LogP contribution < -0.4 is 11.2 Å². The summed E-state index contributed by atoms with van der Waals surface area (Å²) in [6, 6.07) is 13.2. The molecule has 9 heteroatoms. The highest BCUT2D eigenvalue weighted by molar-refractivity contribution is 7.99. The number of nitrogens with two attached hydrogens (primary N) is 1. The lowest BCUT2D eigenvalue weighted by Crippen LogP contribution is -2.28. The number of nitrogens with zero attached hydrogens (tertiary/aromatic N) is 3. The largest absolute Gasteiger partial charge is 0.349 e. The van der Waals surface area contributed by atoms with Crippen LogP contribution in [0.2, 0.25) is 5.02 Å². The maximum atomic E-state index is 13.9. The number of nitrogen functional groups attached to an aromatic ring is 1. The number of hydrogen-bond donors (Lipinski definition) is 2. The van der Waals surface area contributed by atoms with Gasteiger partial charge in [0, 0.05) is 5.02 Å². The Hall–Kier alpha value is -2.58. The lowest BCUT2D eigenvalue weighted by Gasteiger charge is -2.15. The third-order valence-corrected chi connectivity index (χ3v) is 5.15. The molecule has 27 heavy (non-hydrogen) atoms. The van der Waals surface area contributed by atoms with Gasteiger partial charge >= 0.3 is 0 Å². The molecule has 3 N–H and O–H groups in total. The third-order valence-electron chi connectivity index (χ3n) is 3.86. The van der Waals surface area contributed by atoms with Gasteiger partial charge in [-0.3, -0.25) is 4.79 Å². The van der Waals surface area contributed by atoms with Crippen molar-refractivity contribution in [3.05, 3.63) is 64.9 Å². The number of aromatic nitrogens is 3. The number of hydrogen-bond acceptors (Lipinski definition) is 5. The molecule has 0 fully saturated rings. The van der Waals surface area contributed by atoms with Gasteiger partial charge in [-0.1, -0.05) is 53.7 Å². The summed E-state index contributed by atoms with van der Waals surface area (Å²) < 4.78 is 15.1. The summed E-state index contributed by atoms with van der Waals surface area (Å²) in [5.74, 6) is 5.59. The summed E-state index contributed by atoms with van der Waals surface area (Å²) in [5, 5.41) is 11.6. The Bertz CT molecular complexity index is 964. The molecule has 0 saturated heterocycles. The second kappa shape index (κ2) is 8.41. The van der Waals surface area contributed by atoms with Crippen LogP contribution >= 0.6 is 23.4 Å². The Kier molecular flexibility index (Phi) is 5.98. The van der Waals surface area contributed by atoms with Crippen LogP contribution in [0.4, 0.5) is 4.39 Å². The second-order valence-electron chi connectivity index (χ2n) is 5.76. The number of halogens is 2. The minimum Gasteiger partial charge on any atom is -0.349 e. The molecule has 1 atom stereocenters. The molecular formula is C18H17ClFN5OS. The molecule has 0 saturated carbocycles. The van der Waals surface area contributed by atoms with Crippen LogP contribution in [0.25, 0.3) is 11.4 Å². The third kappa shape index (κ3) is 4.40. The zero-order valence-corrected chi connectivity index (χ0v) is 16.0. The smallest absolute Gasteiger partial charge is 0.230 e. The Labute approximate surface area is 164 Å². The van der Waals surface area contributed by atoms with Gasteiger partial charge in [0.2, 0.25) is 11.1 Å². The van der Waals surface area contributed by atoms with Crippen LogP contribution in [0.5, 0.6) is 0 Å². The van der Waals surface area contributed by atoms with Crippen LogP contribution in [0, 0.1) is 5.82 Å². The minimum absolute atomic E-state index is 0.0847. The maximum Gasteiger partial charge on any atom is 0.230 e. The predicted octanol–water partition coefficient (Wildman–Crippen LogP) is 3.42. The fourth-order valence-corrected chi connectivity index (χ4v) is 3.49. The van der Waals surface area contributed by atoms with Gasteiger partial charge < -0.3 is 11.2 Å². The van der Waals surface area contributed by atoms with E-state index in [1.54, 1.807) is 24.3 Å². The maximum absolute atomic E-state index is 13.9. The number of benzene rings is 2. The summed E-state index contributed by atoms with van der Waals surface area (Å²) in [6.07, 6.45) is 0. The van der Waals surface area contributed by atoms with Crippen molar-refractivity contribution in [2.24, 2.45) is 0 Å². The average molecular weight is 406 g/mol. The number of carbonyl (C=O) groups is 1. The zero-order valence-electron chi connectivity index (χ0n) is 14.4. The Morgan fingerprint density at radius 1 is 1.26 bits per heavy atom. The molecule has 0 bridgehead atoms. The van der Waals surface area contributed by atoms with E-state index in [0.717, 1.165) is 17.3 Å². The fraction of sp³-hybridized carbons (Fsp3) is 0.167. The van der Waals surface area contributed by atoms with E-state index >= 15 is 0 Å². The summed E-state index contributed by atoms with van der Waals surface area (Å²) in [6.45, 7) is 1.85. The van der Waals surface area contributed by atoms with Gasteiger partial charge in [0.25, 0.3) is 0 Å². The SMILES string of the molecule is C[C@H](NC(=O)CSc1nnc(-c2ccccc2F)n1N)c1ccccc1Cl. The van der Waals surface area contributed by atoms with Crippen molar-refractivity contribution in [3.8, 4) is 11.4 Å². The lowest BCUT2D eigenvalue weighted by atomic mass is 10.1. The van der Waals surface area contributed by atoms with E-state index in [4.69, 9.17) is 17.4 Å². The molecule has 2 aromatic carbocycles.